The first-order valence-corrected chi connectivity index (χ1v) is 7.79. The molecule has 0 bridgehead atoms. The van der Waals surface area contributed by atoms with E-state index >= 15 is 0 Å². The maximum absolute atomic E-state index is 12.1. The molecule has 1 aromatic heterocycles. The molecule has 1 fully saturated rings. The number of piperazine rings is 1. The summed E-state index contributed by atoms with van der Waals surface area (Å²) >= 11 is 0. The number of H-pyrrole nitrogens is 1. The summed E-state index contributed by atoms with van der Waals surface area (Å²) in [6.07, 6.45) is 3.69. The number of hydrogen-bond donors (Lipinski definition) is 2. The Balaban J connectivity index is 1.71. The molecule has 2 rings (SSSR count). The van der Waals surface area contributed by atoms with Crippen molar-refractivity contribution < 1.29 is 4.79 Å². The maximum Gasteiger partial charge on any atom is 0.237 e. The molecule has 21 heavy (non-hydrogen) atoms. The Labute approximate surface area is 126 Å². The van der Waals surface area contributed by atoms with Crippen LogP contribution in [-0.4, -0.2) is 69.7 Å². The maximum atomic E-state index is 12.1. The number of unbranched alkanes of at least 4 members (excludes halogenated alkanes) is 1. The normalized spacial score (nSPS) is 18.6. The highest BCUT2D eigenvalue weighted by Crippen LogP contribution is 2.08. The molecule has 0 saturated carbocycles. The Morgan fingerprint density at radius 3 is 2.81 bits per heavy atom. The van der Waals surface area contributed by atoms with E-state index in [-0.39, 0.29) is 11.9 Å². The third-order valence-corrected chi connectivity index (χ3v) is 4.00. The number of hydrogen-bond acceptors (Lipinski definition) is 5. The number of nitrogens with zero attached hydrogens (tertiary/aromatic N) is 4. The Hall–Kier alpha value is -1.47. The van der Waals surface area contributed by atoms with E-state index in [9.17, 15) is 4.79 Å². The Morgan fingerprint density at radius 2 is 2.19 bits per heavy atom. The van der Waals surface area contributed by atoms with Gasteiger partial charge in [-0.2, -0.15) is 5.10 Å². The standard InChI is InChI=1S/C14H26N6O/c1-3-4-5-15-14(21)12(2)20-8-6-19(7-9-20)10-13-16-11-17-18-13/h11-12H,3-10H2,1-2H3,(H,15,21)(H,16,17,18)/t12-/m1/s1. The quantitative estimate of drug-likeness (QED) is 0.704. The van der Waals surface area contributed by atoms with Gasteiger partial charge >= 0.3 is 0 Å². The van der Waals surface area contributed by atoms with Crippen molar-refractivity contribution in [2.45, 2.75) is 39.3 Å². The fourth-order valence-electron chi connectivity index (χ4n) is 2.53. The van der Waals surface area contributed by atoms with Gasteiger partial charge in [-0.05, 0) is 13.3 Å². The highest BCUT2D eigenvalue weighted by molar-refractivity contribution is 5.81. The molecule has 0 radical (unpaired) electrons. The molecule has 1 saturated heterocycles. The molecule has 1 aliphatic rings. The molecule has 0 aliphatic carbocycles. The molecule has 0 spiro atoms. The van der Waals surface area contributed by atoms with Crippen LogP contribution in [0.4, 0.5) is 0 Å². The van der Waals surface area contributed by atoms with Crippen molar-refractivity contribution in [3.63, 3.8) is 0 Å². The topological polar surface area (TPSA) is 77.2 Å². The SMILES string of the molecule is CCCCNC(=O)[C@@H](C)N1CCN(Cc2ncn[nH]2)CC1. The van der Waals surface area contributed by atoms with Crippen LogP contribution in [0.3, 0.4) is 0 Å². The lowest BCUT2D eigenvalue weighted by atomic mass is 10.2. The van der Waals surface area contributed by atoms with Crippen LogP contribution in [0, 0.1) is 0 Å². The Morgan fingerprint density at radius 1 is 1.43 bits per heavy atom. The predicted octanol–water partition coefficient (Wildman–Crippen LogP) is 0.227. The van der Waals surface area contributed by atoms with E-state index in [2.05, 4.69) is 37.2 Å². The van der Waals surface area contributed by atoms with Crippen LogP contribution in [0.5, 0.6) is 0 Å². The van der Waals surface area contributed by atoms with Gasteiger partial charge in [-0.1, -0.05) is 13.3 Å². The molecule has 1 aliphatic heterocycles. The monoisotopic (exact) mass is 294 g/mol. The first kappa shape index (κ1) is 15.9. The minimum Gasteiger partial charge on any atom is -0.355 e. The van der Waals surface area contributed by atoms with Crippen LogP contribution < -0.4 is 5.32 Å². The van der Waals surface area contributed by atoms with Gasteiger partial charge in [-0.25, -0.2) is 4.98 Å². The fourth-order valence-corrected chi connectivity index (χ4v) is 2.53. The molecule has 1 aromatic rings. The highest BCUT2D eigenvalue weighted by Gasteiger charge is 2.25. The number of carbonyl (C=O) groups is 1. The van der Waals surface area contributed by atoms with E-state index in [1.54, 1.807) is 0 Å². The van der Waals surface area contributed by atoms with Gasteiger partial charge in [0.2, 0.25) is 5.91 Å². The summed E-state index contributed by atoms with van der Waals surface area (Å²) in [6, 6.07) is -0.0470. The van der Waals surface area contributed by atoms with Crippen LogP contribution in [-0.2, 0) is 11.3 Å². The van der Waals surface area contributed by atoms with Crippen molar-refractivity contribution >= 4 is 5.91 Å². The first-order valence-electron chi connectivity index (χ1n) is 7.79. The highest BCUT2D eigenvalue weighted by atomic mass is 16.2. The number of aromatic amines is 1. The summed E-state index contributed by atoms with van der Waals surface area (Å²) in [5.41, 5.74) is 0. The van der Waals surface area contributed by atoms with Gasteiger partial charge in [0.05, 0.1) is 12.6 Å². The average molecular weight is 294 g/mol. The van der Waals surface area contributed by atoms with E-state index in [0.29, 0.717) is 0 Å². The molecule has 7 heteroatoms. The lowest BCUT2D eigenvalue weighted by Crippen LogP contribution is -2.53. The van der Waals surface area contributed by atoms with E-state index in [4.69, 9.17) is 0 Å². The second-order valence-corrected chi connectivity index (χ2v) is 5.56. The predicted molar refractivity (Wildman–Crippen MR) is 80.6 cm³/mol. The molecule has 0 unspecified atom stereocenters. The molecule has 1 amide bonds. The summed E-state index contributed by atoms with van der Waals surface area (Å²) in [5, 5.41) is 9.76. The molecule has 7 nitrogen and oxygen atoms in total. The summed E-state index contributed by atoms with van der Waals surface area (Å²) < 4.78 is 0. The van der Waals surface area contributed by atoms with Gasteiger partial charge in [-0.15, -0.1) is 0 Å². The third-order valence-electron chi connectivity index (χ3n) is 4.00. The van der Waals surface area contributed by atoms with E-state index < -0.39 is 0 Å². The number of amides is 1. The van der Waals surface area contributed by atoms with Crippen LogP contribution in [0.1, 0.15) is 32.5 Å². The van der Waals surface area contributed by atoms with E-state index in [1.165, 1.54) is 6.33 Å². The van der Waals surface area contributed by atoms with Crippen molar-refractivity contribution in [1.29, 1.82) is 0 Å². The molecule has 2 heterocycles. The van der Waals surface area contributed by atoms with Crippen LogP contribution in [0.15, 0.2) is 6.33 Å². The van der Waals surface area contributed by atoms with Crippen molar-refractivity contribution in [3.8, 4) is 0 Å². The van der Waals surface area contributed by atoms with Gasteiger partial charge < -0.3 is 5.32 Å². The number of aromatic nitrogens is 3. The van der Waals surface area contributed by atoms with Gasteiger partial charge in [0.15, 0.2) is 0 Å². The minimum atomic E-state index is -0.0470. The molecule has 118 valence electrons. The minimum absolute atomic E-state index is 0.0470. The number of rotatable bonds is 7. The van der Waals surface area contributed by atoms with Gasteiger partial charge in [0, 0.05) is 32.7 Å². The van der Waals surface area contributed by atoms with Crippen molar-refractivity contribution in [3.05, 3.63) is 12.2 Å². The summed E-state index contributed by atoms with van der Waals surface area (Å²) in [7, 11) is 0. The second-order valence-electron chi connectivity index (χ2n) is 5.56. The average Bonchev–Trinajstić information content (AvgIpc) is 3.00. The lowest BCUT2D eigenvalue weighted by Gasteiger charge is -2.37. The number of nitrogens with one attached hydrogen (secondary N) is 2. The largest absolute Gasteiger partial charge is 0.355 e. The summed E-state index contributed by atoms with van der Waals surface area (Å²) in [6.45, 7) is 9.43. The number of carbonyl (C=O) groups excluding carboxylic acids is 1. The van der Waals surface area contributed by atoms with Gasteiger partial charge in [0.1, 0.15) is 12.2 Å². The van der Waals surface area contributed by atoms with E-state index in [1.807, 2.05) is 6.92 Å². The summed E-state index contributed by atoms with van der Waals surface area (Å²) in [4.78, 5) is 20.8. The molecular weight excluding hydrogens is 268 g/mol. The Kier molecular flexibility index (Phi) is 6.13. The van der Waals surface area contributed by atoms with Gasteiger partial charge in [-0.3, -0.25) is 19.7 Å². The molecule has 2 N–H and O–H groups in total. The van der Waals surface area contributed by atoms with Crippen LogP contribution in [0.25, 0.3) is 0 Å². The molecular formula is C14H26N6O. The Bertz CT molecular complexity index is 413. The second kappa shape index (κ2) is 8.09. The van der Waals surface area contributed by atoms with Crippen molar-refractivity contribution in [1.82, 2.24) is 30.3 Å². The van der Waals surface area contributed by atoms with E-state index in [0.717, 1.165) is 57.9 Å². The molecule has 0 aromatic carbocycles. The van der Waals surface area contributed by atoms with Crippen molar-refractivity contribution in [2.24, 2.45) is 0 Å². The van der Waals surface area contributed by atoms with Gasteiger partial charge in [0.25, 0.3) is 0 Å². The fraction of sp³-hybridized carbons (Fsp3) is 0.786. The zero-order valence-corrected chi connectivity index (χ0v) is 13.0. The smallest absolute Gasteiger partial charge is 0.237 e. The van der Waals surface area contributed by atoms with Crippen LogP contribution in [0.2, 0.25) is 0 Å². The zero-order chi connectivity index (χ0) is 15.1. The zero-order valence-electron chi connectivity index (χ0n) is 13.0. The first-order chi connectivity index (χ1) is 10.2. The third kappa shape index (κ3) is 4.78. The summed E-state index contributed by atoms with van der Waals surface area (Å²) in [5.74, 6) is 1.04. The lowest BCUT2D eigenvalue weighted by molar-refractivity contribution is -0.126. The molecule has 1 atom stereocenters. The van der Waals surface area contributed by atoms with Crippen molar-refractivity contribution in [2.75, 3.05) is 32.7 Å². The van der Waals surface area contributed by atoms with Crippen LogP contribution >= 0.6 is 0 Å².